The van der Waals surface area contributed by atoms with Crippen LogP contribution in [0, 0.1) is 0 Å². The second kappa shape index (κ2) is 8.84. The number of nitrogens with one attached hydrogen (secondary N) is 1. The summed E-state index contributed by atoms with van der Waals surface area (Å²) < 4.78 is 34.9. The minimum atomic E-state index is -3.73. The van der Waals surface area contributed by atoms with Gasteiger partial charge in [0, 0.05) is 19.7 Å². The van der Waals surface area contributed by atoms with Crippen molar-refractivity contribution in [1.29, 1.82) is 0 Å². The maximum absolute atomic E-state index is 12.7. The van der Waals surface area contributed by atoms with Gasteiger partial charge in [-0.2, -0.15) is 0 Å². The van der Waals surface area contributed by atoms with Crippen LogP contribution < -0.4 is 5.32 Å². The fourth-order valence-corrected chi connectivity index (χ4v) is 3.33. The molecule has 0 aliphatic heterocycles. The molecule has 0 spiro atoms. The van der Waals surface area contributed by atoms with Gasteiger partial charge in [0.1, 0.15) is 0 Å². The standard InChI is InChI=1S/C19H20N2O7S/c1-21(2)29(25,26)14-7-5-6-12(10-14)17(22)20-16-11-13(18(23)27-3)8-9-15(16)19(24)28-4/h5-11H,1-4H3,(H,20,22). The van der Waals surface area contributed by atoms with Crippen LogP contribution in [0.15, 0.2) is 47.4 Å². The Balaban J connectivity index is 2.44. The van der Waals surface area contributed by atoms with Crippen molar-refractivity contribution in [1.82, 2.24) is 4.31 Å². The molecule has 1 N–H and O–H groups in total. The minimum absolute atomic E-state index is 0.0190. The van der Waals surface area contributed by atoms with E-state index in [0.29, 0.717) is 0 Å². The van der Waals surface area contributed by atoms with Crippen LogP contribution in [0.1, 0.15) is 31.1 Å². The summed E-state index contributed by atoms with van der Waals surface area (Å²) >= 11 is 0. The van der Waals surface area contributed by atoms with E-state index in [4.69, 9.17) is 0 Å². The summed E-state index contributed by atoms with van der Waals surface area (Å²) in [7, 11) is 1.40. The number of amides is 1. The normalized spacial score (nSPS) is 11.1. The molecule has 0 heterocycles. The van der Waals surface area contributed by atoms with Crippen LogP contribution in [0.4, 0.5) is 5.69 Å². The van der Waals surface area contributed by atoms with Crippen LogP contribution in [-0.4, -0.2) is 58.9 Å². The number of esters is 2. The zero-order valence-corrected chi connectivity index (χ0v) is 17.1. The summed E-state index contributed by atoms with van der Waals surface area (Å²) in [4.78, 5) is 36.4. The average Bonchev–Trinajstić information content (AvgIpc) is 2.72. The van der Waals surface area contributed by atoms with Crippen LogP contribution in [0.5, 0.6) is 0 Å². The quantitative estimate of drug-likeness (QED) is 0.707. The Bertz CT molecular complexity index is 1060. The van der Waals surface area contributed by atoms with Crippen molar-refractivity contribution in [3.63, 3.8) is 0 Å². The van der Waals surface area contributed by atoms with Crippen LogP contribution in [0.3, 0.4) is 0 Å². The first-order valence-electron chi connectivity index (χ1n) is 8.26. The highest BCUT2D eigenvalue weighted by Gasteiger charge is 2.21. The third-order valence-electron chi connectivity index (χ3n) is 3.97. The summed E-state index contributed by atoms with van der Waals surface area (Å²) in [5.41, 5.74) is 0.197. The fraction of sp³-hybridized carbons (Fsp3) is 0.211. The molecule has 0 fully saturated rings. The van der Waals surface area contributed by atoms with Crippen molar-refractivity contribution in [2.75, 3.05) is 33.6 Å². The number of rotatable bonds is 6. The van der Waals surface area contributed by atoms with Gasteiger partial charge in [-0.3, -0.25) is 4.79 Å². The number of sulfonamides is 1. The lowest BCUT2D eigenvalue weighted by atomic mass is 10.1. The smallest absolute Gasteiger partial charge is 0.339 e. The van der Waals surface area contributed by atoms with E-state index >= 15 is 0 Å². The second-order valence-electron chi connectivity index (χ2n) is 6.01. The van der Waals surface area contributed by atoms with E-state index in [1.165, 1.54) is 70.8 Å². The zero-order chi connectivity index (χ0) is 21.8. The highest BCUT2D eigenvalue weighted by atomic mass is 32.2. The molecule has 10 heteroatoms. The van der Waals surface area contributed by atoms with Crippen LogP contribution in [0.25, 0.3) is 0 Å². The van der Waals surface area contributed by atoms with Gasteiger partial charge in [0.15, 0.2) is 0 Å². The molecule has 0 unspecified atom stereocenters. The van der Waals surface area contributed by atoms with Crippen LogP contribution in [-0.2, 0) is 19.5 Å². The Kier molecular flexibility index (Phi) is 6.72. The van der Waals surface area contributed by atoms with Crippen molar-refractivity contribution in [3.05, 3.63) is 59.2 Å². The summed E-state index contributed by atoms with van der Waals surface area (Å²) in [6, 6.07) is 9.38. The van der Waals surface area contributed by atoms with E-state index < -0.39 is 27.9 Å². The molecule has 0 radical (unpaired) electrons. The lowest BCUT2D eigenvalue weighted by Gasteiger charge is -2.13. The molecule has 9 nitrogen and oxygen atoms in total. The Morgan fingerprint density at radius 3 is 2.14 bits per heavy atom. The predicted molar refractivity (Wildman–Crippen MR) is 104 cm³/mol. The molecule has 2 aromatic carbocycles. The summed E-state index contributed by atoms with van der Waals surface area (Å²) in [5, 5.41) is 2.51. The average molecular weight is 420 g/mol. The third-order valence-corrected chi connectivity index (χ3v) is 5.78. The van der Waals surface area contributed by atoms with Gasteiger partial charge >= 0.3 is 11.9 Å². The molecule has 0 saturated carbocycles. The lowest BCUT2D eigenvalue weighted by Crippen LogP contribution is -2.23. The van der Waals surface area contributed by atoms with Crippen molar-refractivity contribution >= 4 is 33.6 Å². The molecule has 154 valence electrons. The van der Waals surface area contributed by atoms with E-state index in [0.717, 1.165) is 4.31 Å². The molecule has 29 heavy (non-hydrogen) atoms. The molecule has 0 aliphatic rings. The van der Waals surface area contributed by atoms with Gasteiger partial charge in [-0.15, -0.1) is 0 Å². The van der Waals surface area contributed by atoms with Gasteiger partial charge in [0.05, 0.1) is 35.9 Å². The molecule has 0 atom stereocenters. The number of anilines is 1. The molecule has 0 saturated heterocycles. The number of methoxy groups -OCH3 is 2. The van der Waals surface area contributed by atoms with Crippen molar-refractivity contribution in [3.8, 4) is 0 Å². The van der Waals surface area contributed by atoms with Gasteiger partial charge in [0.25, 0.3) is 5.91 Å². The maximum Gasteiger partial charge on any atom is 0.339 e. The van der Waals surface area contributed by atoms with Crippen LogP contribution >= 0.6 is 0 Å². The van der Waals surface area contributed by atoms with E-state index in [2.05, 4.69) is 14.8 Å². The molecular formula is C19H20N2O7S. The Morgan fingerprint density at radius 1 is 0.897 bits per heavy atom. The predicted octanol–water partition coefficient (Wildman–Crippen LogP) is 1.76. The molecule has 2 rings (SSSR count). The van der Waals surface area contributed by atoms with Crippen LogP contribution in [0.2, 0.25) is 0 Å². The SMILES string of the molecule is COC(=O)c1ccc(C(=O)OC)c(NC(=O)c2cccc(S(=O)(=O)N(C)C)c2)c1. The monoisotopic (exact) mass is 420 g/mol. The maximum atomic E-state index is 12.7. The van der Waals surface area contributed by atoms with Gasteiger partial charge in [-0.25, -0.2) is 22.3 Å². The van der Waals surface area contributed by atoms with Gasteiger partial charge < -0.3 is 14.8 Å². The summed E-state index contributed by atoms with van der Waals surface area (Å²) in [6.45, 7) is 0. The Morgan fingerprint density at radius 2 is 1.55 bits per heavy atom. The first kappa shape index (κ1) is 22.1. The highest BCUT2D eigenvalue weighted by molar-refractivity contribution is 7.89. The first-order valence-corrected chi connectivity index (χ1v) is 9.70. The van der Waals surface area contributed by atoms with E-state index in [9.17, 15) is 22.8 Å². The molecule has 0 aliphatic carbocycles. The number of carbonyl (C=O) groups is 3. The highest BCUT2D eigenvalue weighted by Crippen LogP contribution is 2.22. The molecular weight excluding hydrogens is 400 g/mol. The van der Waals surface area contributed by atoms with E-state index in [1.807, 2.05) is 0 Å². The van der Waals surface area contributed by atoms with Gasteiger partial charge in [0.2, 0.25) is 10.0 Å². The van der Waals surface area contributed by atoms with Crippen molar-refractivity contribution in [2.24, 2.45) is 0 Å². The van der Waals surface area contributed by atoms with E-state index in [1.54, 1.807) is 0 Å². The molecule has 0 aromatic heterocycles. The number of carbonyl (C=O) groups excluding carboxylic acids is 3. The largest absolute Gasteiger partial charge is 0.465 e. The molecule has 0 bridgehead atoms. The summed E-state index contributed by atoms with van der Waals surface area (Å²) in [6.07, 6.45) is 0. The first-order chi connectivity index (χ1) is 13.6. The van der Waals surface area contributed by atoms with E-state index in [-0.39, 0.29) is 27.3 Å². The van der Waals surface area contributed by atoms with Crippen molar-refractivity contribution < 1.29 is 32.3 Å². The lowest BCUT2D eigenvalue weighted by molar-refractivity contribution is 0.0587. The third kappa shape index (κ3) is 4.79. The topological polar surface area (TPSA) is 119 Å². The van der Waals surface area contributed by atoms with Crippen molar-refractivity contribution in [2.45, 2.75) is 4.90 Å². The number of hydrogen-bond acceptors (Lipinski definition) is 7. The van der Waals surface area contributed by atoms with Gasteiger partial charge in [-0.1, -0.05) is 6.07 Å². The second-order valence-corrected chi connectivity index (χ2v) is 8.16. The molecule has 2 aromatic rings. The number of ether oxygens (including phenoxy) is 2. The number of nitrogens with zero attached hydrogens (tertiary/aromatic N) is 1. The number of hydrogen-bond donors (Lipinski definition) is 1. The Labute approximate surface area is 168 Å². The molecule has 1 amide bonds. The number of benzene rings is 2. The fourth-order valence-electron chi connectivity index (χ4n) is 2.38. The Hall–Kier alpha value is -3.24. The van der Waals surface area contributed by atoms with Gasteiger partial charge in [-0.05, 0) is 36.4 Å². The minimum Gasteiger partial charge on any atom is -0.465 e. The zero-order valence-electron chi connectivity index (χ0n) is 16.3. The summed E-state index contributed by atoms with van der Waals surface area (Å²) in [5.74, 6) is -2.05.